The molecular formula is C28H36N6O6. The van der Waals surface area contributed by atoms with E-state index in [0.29, 0.717) is 19.4 Å². The summed E-state index contributed by atoms with van der Waals surface area (Å²) in [6.07, 6.45) is 3.42. The van der Waals surface area contributed by atoms with Crippen LogP contribution in [0.3, 0.4) is 0 Å². The maximum atomic E-state index is 12.9. The molecular weight excluding hydrogens is 516 g/mol. The van der Waals surface area contributed by atoms with Crippen molar-refractivity contribution in [3.8, 4) is 5.75 Å². The van der Waals surface area contributed by atoms with Gasteiger partial charge in [-0.2, -0.15) is 0 Å². The van der Waals surface area contributed by atoms with Crippen molar-refractivity contribution in [2.45, 2.75) is 50.2 Å². The van der Waals surface area contributed by atoms with Gasteiger partial charge in [-0.1, -0.05) is 30.3 Å². The van der Waals surface area contributed by atoms with Gasteiger partial charge in [0.2, 0.25) is 17.7 Å². The Balaban J connectivity index is 1.56. The molecule has 0 fully saturated rings. The first-order valence-electron chi connectivity index (χ1n) is 13.1. The van der Waals surface area contributed by atoms with Crippen molar-refractivity contribution >= 4 is 34.6 Å². The largest absolute Gasteiger partial charge is 0.508 e. The van der Waals surface area contributed by atoms with Gasteiger partial charge in [0.05, 0.1) is 12.6 Å². The van der Waals surface area contributed by atoms with Gasteiger partial charge in [-0.25, -0.2) is 4.79 Å². The van der Waals surface area contributed by atoms with Gasteiger partial charge in [-0.05, 0) is 61.6 Å². The van der Waals surface area contributed by atoms with E-state index in [-0.39, 0.29) is 25.0 Å². The third-order valence-corrected chi connectivity index (χ3v) is 6.46. The van der Waals surface area contributed by atoms with E-state index in [1.54, 1.807) is 18.3 Å². The molecule has 0 aliphatic carbocycles. The molecule has 0 aliphatic rings. The summed E-state index contributed by atoms with van der Waals surface area (Å²) >= 11 is 0. The molecule has 0 saturated carbocycles. The maximum Gasteiger partial charge on any atom is 0.326 e. The van der Waals surface area contributed by atoms with E-state index >= 15 is 0 Å². The summed E-state index contributed by atoms with van der Waals surface area (Å²) in [4.78, 5) is 53.1. The molecule has 40 heavy (non-hydrogen) atoms. The van der Waals surface area contributed by atoms with Crippen LogP contribution in [0, 0.1) is 0 Å². The minimum Gasteiger partial charge on any atom is -0.508 e. The number of para-hydroxylation sites is 1. The van der Waals surface area contributed by atoms with E-state index in [4.69, 9.17) is 11.5 Å². The van der Waals surface area contributed by atoms with Crippen LogP contribution < -0.4 is 27.4 Å². The summed E-state index contributed by atoms with van der Waals surface area (Å²) in [6, 6.07) is 10.6. The number of fused-ring (bicyclic) bond motifs is 1. The first-order valence-corrected chi connectivity index (χ1v) is 13.1. The smallest absolute Gasteiger partial charge is 0.326 e. The van der Waals surface area contributed by atoms with Gasteiger partial charge in [-0.15, -0.1) is 0 Å². The second kappa shape index (κ2) is 14.7. The lowest BCUT2D eigenvalue weighted by molar-refractivity contribution is -0.141. The number of benzene rings is 2. The molecule has 0 saturated heterocycles. The lowest BCUT2D eigenvalue weighted by Gasteiger charge is -2.21. The minimum atomic E-state index is -1.21. The van der Waals surface area contributed by atoms with Crippen LogP contribution in [0.1, 0.15) is 30.4 Å². The molecule has 12 nitrogen and oxygen atoms in total. The average Bonchev–Trinajstić information content (AvgIpc) is 3.34. The van der Waals surface area contributed by atoms with Crippen molar-refractivity contribution in [1.29, 1.82) is 0 Å². The fraction of sp³-hybridized carbons (Fsp3) is 0.357. The number of carbonyl (C=O) groups is 4. The van der Waals surface area contributed by atoms with E-state index in [0.717, 1.165) is 22.0 Å². The maximum absolute atomic E-state index is 12.9. The van der Waals surface area contributed by atoms with E-state index in [1.807, 2.05) is 24.3 Å². The first kappa shape index (κ1) is 30.1. The fourth-order valence-electron chi connectivity index (χ4n) is 4.28. The number of aromatic nitrogens is 1. The monoisotopic (exact) mass is 552 g/mol. The average molecular weight is 553 g/mol. The van der Waals surface area contributed by atoms with Gasteiger partial charge >= 0.3 is 5.97 Å². The molecule has 214 valence electrons. The lowest BCUT2D eigenvalue weighted by Crippen LogP contribution is -2.54. The Bertz CT molecular complexity index is 1310. The number of phenols is 1. The number of aromatic hydroxyl groups is 1. The molecule has 0 spiro atoms. The van der Waals surface area contributed by atoms with Crippen molar-refractivity contribution in [3.05, 3.63) is 65.9 Å². The number of carboxylic acid groups (broad SMARTS) is 1. The minimum absolute atomic E-state index is 0.0513. The van der Waals surface area contributed by atoms with Gasteiger partial charge in [0, 0.05) is 23.5 Å². The Morgan fingerprint density at radius 1 is 0.900 bits per heavy atom. The molecule has 10 N–H and O–H groups in total. The second-order valence-corrected chi connectivity index (χ2v) is 9.56. The summed E-state index contributed by atoms with van der Waals surface area (Å²) in [5, 5.41) is 27.5. The second-order valence-electron chi connectivity index (χ2n) is 9.56. The van der Waals surface area contributed by atoms with Gasteiger partial charge in [0.15, 0.2) is 0 Å². The molecule has 3 rings (SSSR count). The third-order valence-electron chi connectivity index (χ3n) is 6.46. The number of carboxylic acids is 1. The number of unbranched alkanes of at least 4 members (excludes halogenated alkanes) is 1. The van der Waals surface area contributed by atoms with Crippen molar-refractivity contribution in [2.75, 3.05) is 13.1 Å². The van der Waals surface area contributed by atoms with Crippen LogP contribution in [0.2, 0.25) is 0 Å². The highest BCUT2D eigenvalue weighted by Gasteiger charge is 2.26. The van der Waals surface area contributed by atoms with Crippen molar-refractivity contribution < 1.29 is 29.4 Å². The quantitative estimate of drug-likeness (QED) is 0.122. The highest BCUT2D eigenvalue weighted by atomic mass is 16.4. The highest BCUT2D eigenvalue weighted by Crippen LogP contribution is 2.19. The predicted octanol–water partition coefficient (Wildman–Crippen LogP) is 0.285. The third kappa shape index (κ3) is 8.82. The molecule has 1 aromatic heterocycles. The number of nitrogens with two attached hydrogens (primary N) is 2. The molecule has 0 aliphatic heterocycles. The fourth-order valence-corrected chi connectivity index (χ4v) is 4.28. The van der Waals surface area contributed by atoms with Gasteiger partial charge < -0.3 is 42.6 Å². The molecule has 3 atom stereocenters. The topological polar surface area (TPSA) is 213 Å². The van der Waals surface area contributed by atoms with Crippen LogP contribution >= 0.6 is 0 Å². The van der Waals surface area contributed by atoms with E-state index in [2.05, 4.69) is 20.9 Å². The molecule has 3 aromatic rings. The van der Waals surface area contributed by atoms with E-state index in [9.17, 15) is 29.4 Å². The zero-order valence-electron chi connectivity index (χ0n) is 22.1. The summed E-state index contributed by atoms with van der Waals surface area (Å²) in [5.74, 6) is -2.94. The Hall–Kier alpha value is -4.42. The number of hydrogen-bond donors (Lipinski definition) is 8. The SMILES string of the molecule is NCCCCC(NC(=O)C(N)Cc1ccc(O)cc1)C(=O)NCC(=O)NC(Cc1c[nH]c2ccccc12)C(=O)O. The Morgan fingerprint density at radius 3 is 2.33 bits per heavy atom. The number of carbonyl (C=O) groups excluding carboxylic acids is 3. The van der Waals surface area contributed by atoms with Crippen LogP contribution in [0.5, 0.6) is 5.75 Å². The standard InChI is InChI=1S/C28H36N6O6/c29-12-4-3-7-23(34-26(37)21(30)13-17-8-10-19(35)11-9-17)27(38)32-16-25(36)33-24(28(39)40)14-18-15-31-22-6-2-1-5-20(18)22/h1-2,5-6,8-11,15,21,23-24,31,35H,3-4,7,12-14,16,29-30H2,(H,32,38)(H,33,36)(H,34,37)(H,39,40). The van der Waals surface area contributed by atoms with Crippen molar-refractivity contribution in [3.63, 3.8) is 0 Å². The molecule has 0 radical (unpaired) electrons. The number of aliphatic carboxylic acids is 1. The van der Waals surface area contributed by atoms with Gasteiger partial charge in [-0.3, -0.25) is 14.4 Å². The molecule has 3 amide bonds. The highest BCUT2D eigenvalue weighted by molar-refractivity contribution is 5.93. The zero-order chi connectivity index (χ0) is 29.1. The normalized spacial score (nSPS) is 13.2. The van der Waals surface area contributed by atoms with Gasteiger partial charge in [0.1, 0.15) is 17.8 Å². The van der Waals surface area contributed by atoms with Crippen molar-refractivity contribution in [2.24, 2.45) is 11.5 Å². The van der Waals surface area contributed by atoms with E-state index in [1.165, 1.54) is 12.1 Å². The van der Waals surface area contributed by atoms with Crippen LogP contribution in [-0.4, -0.2) is 70.1 Å². The number of nitrogens with one attached hydrogen (secondary N) is 4. The lowest BCUT2D eigenvalue weighted by atomic mass is 10.0. The molecule has 3 unspecified atom stereocenters. The summed E-state index contributed by atoms with van der Waals surface area (Å²) in [7, 11) is 0. The Morgan fingerprint density at radius 2 is 1.62 bits per heavy atom. The molecule has 1 heterocycles. The van der Waals surface area contributed by atoms with Crippen molar-refractivity contribution in [1.82, 2.24) is 20.9 Å². The number of aromatic amines is 1. The molecule has 12 heteroatoms. The van der Waals surface area contributed by atoms with Crippen LogP contribution in [0.15, 0.2) is 54.7 Å². The number of H-pyrrole nitrogens is 1. The predicted molar refractivity (Wildman–Crippen MR) is 149 cm³/mol. The Kier molecular flexibility index (Phi) is 11.0. The molecule has 2 aromatic carbocycles. The van der Waals surface area contributed by atoms with Crippen LogP contribution in [0.25, 0.3) is 10.9 Å². The number of rotatable bonds is 15. The number of amides is 3. The summed E-state index contributed by atoms with van der Waals surface area (Å²) < 4.78 is 0. The van der Waals surface area contributed by atoms with Crippen LogP contribution in [-0.2, 0) is 32.0 Å². The number of hydrogen-bond acceptors (Lipinski definition) is 7. The van der Waals surface area contributed by atoms with Gasteiger partial charge in [0.25, 0.3) is 0 Å². The van der Waals surface area contributed by atoms with E-state index < -0.39 is 48.4 Å². The number of phenolic OH excluding ortho intramolecular Hbond substituents is 1. The Labute approximate surface area is 231 Å². The molecule has 0 bridgehead atoms. The first-order chi connectivity index (χ1) is 19.2. The zero-order valence-corrected chi connectivity index (χ0v) is 22.1. The van der Waals surface area contributed by atoms with Crippen LogP contribution in [0.4, 0.5) is 0 Å². The summed E-state index contributed by atoms with van der Waals surface area (Å²) in [5.41, 5.74) is 13.9. The summed E-state index contributed by atoms with van der Waals surface area (Å²) in [6.45, 7) is -0.0582.